The van der Waals surface area contributed by atoms with Crippen LogP contribution in [0.5, 0.6) is 0 Å². The summed E-state index contributed by atoms with van der Waals surface area (Å²) in [6.45, 7) is 6.54. The van der Waals surface area contributed by atoms with Gasteiger partial charge in [0, 0.05) is 35.4 Å². The van der Waals surface area contributed by atoms with Crippen LogP contribution >= 0.6 is 0 Å². The topological polar surface area (TPSA) is 17.8 Å². The van der Waals surface area contributed by atoms with Crippen LogP contribution in [-0.4, -0.2) is 9.55 Å². The number of nitrogens with zero attached hydrogens (tertiary/aromatic N) is 2. The van der Waals surface area contributed by atoms with E-state index in [1.165, 1.54) is 17.0 Å². The summed E-state index contributed by atoms with van der Waals surface area (Å²) in [6.07, 6.45) is 3.71. The van der Waals surface area contributed by atoms with Gasteiger partial charge in [0.05, 0.1) is 0 Å². The molecule has 0 saturated carbocycles. The van der Waals surface area contributed by atoms with E-state index < -0.39 is 0 Å². The Kier molecular flexibility index (Phi) is 2.58. The molecular formula is C13H16N2. The van der Waals surface area contributed by atoms with Gasteiger partial charge in [-0.15, -0.1) is 0 Å². The predicted molar refractivity (Wildman–Crippen MR) is 62.8 cm³/mol. The van der Waals surface area contributed by atoms with Crippen molar-refractivity contribution in [1.82, 2.24) is 9.55 Å². The van der Waals surface area contributed by atoms with Crippen molar-refractivity contribution in [2.24, 2.45) is 0 Å². The van der Waals surface area contributed by atoms with Crippen molar-refractivity contribution in [3.8, 4) is 11.3 Å². The number of aromatic nitrogens is 2. The molecule has 0 atom stereocenters. The zero-order valence-electron chi connectivity index (χ0n) is 9.44. The Morgan fingerprint density at radius 3 is 2.60 bits per heavy atom. The summed E-state index contributed by atoms with van der Waals surface area (Å²) in [4.78, 5) is 4.16. The smallest absolute Gasteiger partial charge is 0.0500 e. The van der Waals surface area contributed by atoms with Crippen LogP contribution in [0.15, 0.2) is 36.7 Å². The normalized spacial score (nSPS) is 10.9. The molecule has 2 aromatic heterocycles. The molecule has 0 unspecified atom stereocenters. The van der Waals surface area contributed by atoms with Gasteiger partial charge in [-0.05, 0) is 45.0 Å². The zero-order chi connectivity index (χ0) is 10.8. The molecule has 15 heavy (non-hydrogen) atoms. The van der Waals surface area contributed by atoms with Crippen LogP contribution < -0.4 is 0 Å². The van der Waals surface area contributed by atoms with Crippen molar-refractivity contribution >= 4 is 0 Å². The highest BCUT2D eigenvalue weighted by atomic mass is 15.0. The van der Waals surface area contributed by atoms with Gasteiger partial charge in [0.25, 0.3) is 0 Å². The fourth-order valence-electron chi connectivity index (χ4n) is 1.99. The van der Waals surface area contributed by atoms with Crippen LogP contribution in [0.25, 0.3) is 11.3 Å². The molecule has 0 aliphatic heterocycles. The van der Waals surface area contributed by atoms with Crippen LogP contribution in [0.4, 0.5) is 0 Å². The second kappa shape index (κ2) is 3.89. The van der Waals surface area contributed by atoms with Gasteiger partial charge >= 0.3 is 0 Å². The molecule has 2 heterocycles. The molecule has 0 saturated heterocycles. The molecule has 0 aromatic carbocycles. The summed E-state index contributed by atoms with van der Waals surface area (Å²) in [5, 5.41) is 0. The van der Waals surface area contributed by atoms with E-state index in [4.69, 9.17) is 0 Å². The second-order valence-corrected chi connectivity index (χ2v) is 4.07. The van der Waals surface area contributed by atoms with Gasteiger partial charge in [-0.1, -0.05) is 0 Å². The number of pyridine rings is 1. The fraction of sp³-hybridized carbons (Fsp3) is 0.308. The van der Waals surface area contributed by atoms with Gasteiger partial charge in [-0.25, -0.2) is 0 Å². The molecule has 2 aromatic rings. The largest absolute Gasteiger partial charge is 0.342 e. The highest BCUT2D eigenvalue weighted by Gasteiger charge is 2.09. The van der Waals surface area contributed by atoms with Gasteiger partial charge in [0.1, 0.15) is 0 Å². The summed E-state index contributed by atoms with van der Waals surface area (Å²) in [5.74, 6) is 0. The van der Waals surface area contributed by atoms with Gasteiger partial charge in [-0.2, -0.15) is 0 Å². The van der Waals surface area contributed by atoms with Gasteiger partial charge in [0.2, 0.25) is 0 Å². The van der Waals surface area contributed by atoms with Crippen LogP contribution in [0, 0.1) is 6.92 Å². The minimum absolute atomic E-state index is 0.482. The molecule has 0 aliphatic rings. The van der Waals surface area contributed by atoms with Gasteiger partial charge < -0.3 is 4.57 Å². The zero-order valence-corrected chi connectivity index (χ0v) is 9.44. The number of rotatable bonds is 2. The lowest BCUT2D eigenvalue weighted by Gasteiger charge is -2.15. The van der Waals surface area contributed by atoms with Crippen molar-refractivity contribution in [2.75, 3.05) is 0 Å². The molecule has 0 bridgehead atoms. The Morgan fingerprint density at radius 1 is 1.20 bits per heavy atom. The molecule has 0 aliphatic carbocycles. The first-order valence-electron chi connectivity index (χ1n) is 5.28. The molecule has 2 rings (SSSR count). The van der Waals surface area contributed by atoms with E-state index in [-0.39, 0.29) is 0 Å². The van der Waals surface area contributed by atoms with Crippen LogP contribution in [0.1, 0.15) is 25.6 Å². The van der Waals surface area contributed by atoms with Gasteiger partial charge in [0.15, 0.2) is 0 Å². The van der Waals surface area contributed by atoms with Crippen molar-refractivity contribution in [1.29, 1.82) is 0 Å². The Hall–Kier alpha value is -1.57. The summed E-state index contributed by atoms with van der Waals surface area (Å²) < 4.78 is 2.33. The molecule has 2 heteroatoms. The summed E-state index contributed by atoms with van der Waals surface area (Å²) in [6, 6.07) is 8.87. The summed E-state index contributed by atoms with van der Waals surface area (Å²) in [7, 11) is 0. The van der Waals surface area contributed by atoms with Crippen molar-refractivity contribution in [3.05, 3.63) is 42.4 Å². The fourth-order valence-corrected chi connectivity index (χ4v) is 1.99. The number of aryl methyl sites for hydroxylation is 1. The highest BCUT2D eigenvalue weighted by molar-refractivity contribution is 5.59. The first kappa shape index (κ1) is 9.97. The van der Waals surface area contributed by atoms with Crippen molar-refractivity contribution in [2.45, 2.75) is 26.8 Å². The quantitative estimate of drug-likeness (QED) is 0.726. The van der Waals surface area contributed by atoms with E-state index in [2.05, 4.69) is 48.5 Å². The monoisotopic (exact) mass is 200 g/mol. The lowest BCUT2D eigenvalue weighted by molar-refractivity contribution is 0.595. The third kappa shape index (κ3) is 1.80. The first-order valence-corrected chi connectivity index (χ1v) is 5.28. The molecule has 0 amide bonds. The second-order valence-electron chi connectivity index (χ2n) is 4.07. The van der Waals surface area contributed by atoms with E-state index in [0.29, 0.717) is 6.04 Å². The van der Waals surface area contributed by atoms with Crippen molar-refractivity contribution in [3.63, 3.8) is 0 Å². The molecule has 2 nitrogen and oxygen atoms in total. The summed E-state index contributed by atoms with van der Waals surface area (Å²) >= 11 is 0. The summed E-state index contributed by atoms with van der Waals surface area (Å²) in [5.41, 5.74) is 3.72. The average molecular weight is 200 g/mol. The molecular weight excluding hydrogens is 184 g/mol. The Balaban J connectivity index is 2.54. The third-order valence-corrected chi connectivity index (χ3v) is 2.60. The van der Waals surface area contributed by atoms with Crippen LogP contribution in [0.3, 0.4) is 0 Å². The highest BCUT2D eigenvalue weighted by Crippen LogP contribution is 2.25. The van der Waals surface area contributed by atoms with Crippen molar-refractivity contribution < 1.29 is 0 Å². The van der Waals surface area contributed by atoms with E-state index in [9.17, 15) is 0 Å². The maximum atomic E-state index is 4.16. The Labute approximate surface area is 90.6 Å². The minimum atomic E-state index is 0.482. The van der Waals surface area contributed by atoms with Crippen LogP contribution in [0.2, 0.25) is 0 Å². The minimum Gasteiger partial charge on any atom is -0.342 e. The molecule has 0 fully saturated rings. The SMILES string of the molecule is Cc1ccc(-c2cccnc2)n1C(C)C. The Bertz CT molecular complexity index is 441. The molecule has 0 spiro atoms. The van der Waals surface area contributed by atoms with E-state index in [0.717, 1.165) is 0 Å². The lowest BCUT2D eigenvalue weighted by atomic mass is 10.2. The first-order chi connectivity index (χ1) is 7.20. The number of hydrogen-bond acceptors (Lipinski definition) is 1. The molecule has 0 N–H and O–H groups in total. The maximum Gasteiger partial charge on any atom is 0.0500 e. The van der Waals surface area contributed by atoms with Gasteiger partial charge in [-0.3, -0.25) is 4.98 Å². The predicted octanol–water partition coefficient (Wildman–Crippen LogP) is 3.44. The van der Waals surface area contributed by atoms with E-state index in [1.807, 2.05) is 12.3 Å². The maximum absolute atomic E-state index is 4.16. The van der Waals surface area contributed by atoms with Crippen LogP contribution in [-0.2, 0) is 0 Å². The standard InChI is InChI=1S/C13H16N2/c1-10(2)15-11(3)6-7-13(15)12-5-4-8-14-9-12/h4-10H,1-3H3. The molecule has 0 radical (unpaired) electrons. The molecule has 78 valence electrons. The average Bonchev–Trinajstić information content (AvgIpc) is 2.61. The van der Waals surface area contributed by atoms with E-state index >= 15 is 0 Å². The lowest BCUT2D eigenvalue weighted by Crippen LogP contribution is -2.04. The van der Waals surface area contributed by atoms with E-state index in [1.54, 1.807) is 6.20 Å². The number of hydrogen-bond donors (Lipinski definition) is 0. The third-order valence-electron chi connectivity index (χ3n) is 2.60. The Morgan fingerprint density at radius 2 is 2.00 bits per heavy atom.